The zero-order valence-electron chi connectivity index (χ0n) is 14.6. The molecule has 0 radical (unpaired) electrons. The molecule has 0 saturated heterocycles. The molecule has 0 aliphatic rings. The van der Waals surface area contributed by atoms with Gasteiger partial charge in [0.15, 0.2) is 0 Å². The van der Waals surface area contributed by atoms with Gasteiger partial charge >= 0.3 is 5.97 Å². The van der Waals surface area contributed by atoms with Gasteiger partial charge in [0, 0.05) is 16.5 Å². The summed E-state index contributed by atoms with van der Waals surface area (Å²) in [6.07, 6.45) is 1.97. The van der Waals surface area contributed by atoms with Gasteiger partial charge < -0.3 is 10.1 Å². The summed E-state index contributed by atoms with van der Waals surface area (Å²) in [5, 5.41) is 13.3. The standard InChI is InChI=1S/C18H17ClN2O5S/c1-11(18(23)26-10-12-3-6-14(27-2)7-4-12)20-17(22)13-5-8-15(19)16(9-13)21(24)25/h3-9,11H,10H2,1-2H3,(H,20,22)/t11-/m0/s1. The molecule has 7 nitrogen and oxygen atoms in total. The maximum Gasteiger partial charge on any atom is 0.328 e. The predicted octanol–water partition coefficient (Wildman–Crippen LogP) is 3.83. The Kier molecular flexibility index (Phi) is 7.20. The van der Waals surface area contributed by atoms with E-state index in [4.69, 9.17) is 16.3 Å². The van der Waals surface area contributed by atoms with Crippen LogP contribution in [-0.2, 0) is 16.1 Å². The lowest BCUT2D eigenvalue weighted by Crippen LogP contribution is -2.39. The number of nitrogens with one attached hydrogen (secondary N) is 1. The van der Waals surface area contributed by atoms with Crippen LogP contribution >= 0.6 is 23.4 Å². The van der Waals surface area contributed by atoms with Crippen LogP contribution in [0.25, 0.3) is 0 Å². The Hall–Kier alpha value is -2.58. The highest BCUT2D eigenvalue weighted by Gasteiger charge is 2.21. The average Bonchev–Trinajstić information content (AvgIpc) is 2.66. The number of thioether (sulfide) groups is 1. The average molecular weight is 409 g/mol. The van der Waals surface area contributed by atoms with Gasteiger partial charge in [0.05, 0.1) is 4.92 Å². The number of carbonyl (C=O) groups excluding carboxylic acids is 2. The zero-order chi connectivity index (χ0) is 20.0. The molecule has 0 spiro atoms. The summed E-state index contributed by atoms with van der Waals surface area (Å²) in [5.41, 5.74) is 0.472. The Labute approximate surface area is 165 Å². The number of rotatable bonds is 7. The maximum absolute atomic E-state index is 12.2. The number of benzene rings is 2. The van der Waals surface area contributed by atoms with Crippen molar-refractivity contribution in [1.29, 1.82) is 0 Å². The monoisotopic (exact) mass is 408 g/mol. The third-order valence-corrected chi connectivity index (χ3v) is 4.71. The van der Waals surface area contributed by atoms with Crippen LogP contribution in [0.4, 0.5) is 5.69 Å². The lowest BCUT2D eigenvalue weighted by molar-refractivity contribution is -0.384. The molecule has 0 aliphatic heterocycles. The third-order valence-electron chi connectivity index (χ3n) is 3.65. The summed E-state index contributed by atoms with van der Waals surface area (Å²) >= 11 is 7.33. The Morgan fingerprint density at radius 2 is 1.93 bits per heavy atom. The number of hydrogen-bond acceptors (Lipinski definition) is 6. The first-order valence-electron chi connectivity index (χ1n) is 7.86. The van der Waals surface area contributed by atoms with E-state index >= 15 is 0 Å². The minimum absolute atomic E-state index is 0.0263. The van der Waals surface area contributed by atoms with Gasteiger partial charge in [-0.05, 0) is 43.0 Å². The van der Waals surface area contributed by atoms with Crippen LogP contribution in [0.1, 0.15) is 22.8 Å². The molecule has 0 heterocycles. The number of carbonyl (C=O) groups is 2. The fourth-order valence-corrected chi connectivity index (χ4v) is 2.73. The minimum Gasteiger partial charge on any atom is -0.459 e. The molecular formula is C18H17ClN2O5S. The van der Waals surface area contributed by atoms with Gasteiger partial charge in [-0.2, -0.15) is 0 Å². The van der Waals surface area contributed by atoms with Gasteiger partial charge in [-0.3, -0.25) is 14.9 Å². The number of esters is 1. The first-order chi connectivity index (χ1) is 12.8. The van der Waals surface area contributed by atoms with Gasteiger partial charge in [0.25, 0.3) is 11.6 Å². The number of halogens is 1. The first kappa shape index (κ1) is 20.7. The second-order valence-electron chi connectivity index (χ2n) is 5.57. The fourth-order valence-electron chi connectivity index (χ4n) is 2.13. The highest BCUT2D eigenvalue weighted by Crippen LogP contribution is 2.25. The zero-order valence-corrected chi connectivity index (χ0v) is 16.2. The van der Waals surface area contributed by atoms with E-state index < -0.39 is 22.8 Å². The van der Waals surface area contributed by atoms with Crippen molar-refractivity contribution in [3.8, 4) is 0 Å². The van der Waals surface area contributed by atoms with Crippen molar-refractivity contribution in [3.05, 3.63) is 68.7 Å². The van der Waals surface area contributed by atoms with E-state index in [1.165, 1.54) is 19.1 Å². The van der Waals surface area contributed by atoms with E-state index in [9.17, 15) is 19.7 Å². The largest absolute Gasteiger partial charge is 0.459 e. The summed E-state index contributed by atoms with van der Waals surface area (Å²) in [4.78, 5) is 35.6. The number of nitro groups is 1. The van der Waals surface area contributed by atoms with Crippen LogP contribution in [0.15, 0.2) is 47.4 Å². The molecule has 1 atom stereocenters. The van der Waals surface area contributed by atoms with Crippen LogP contribution in [0.3, 0.4) is 0 Å². The first-order valence-corrected chi connectivity index (χ1v) is 9.46. The van der Waals surface area contributed by atoms with E-state index in [1.54, 1.807) is 11.8 Å². The predicted molar refractivity (Wildman–Crippen MR) is 103 cm³/mol. The van der Waals surface area contributed by atoms with Gasteiger partial charge in [-0.25, -0.2) is 4.79 Å². The molecule has 2 aromatic rings. The minimum atomic E-state index is -0.919. The molecular weight excluding hydrogens is 392 g/mol. The molecule has 0 aliphatic carbocycles. The molecule has 9 heteroatoms. The number of nitrogens with zero attached hydrogens (tertiary/aromatic N) is 1. The Morgan fingerprint density at radius 1 is 1.26 bits per heavy atom. The second kappa shape index (κ2) is 9.38. The fraction of sp³-hybridized carbons (Fsp3) is 0.222. The van der Waals surface area contributed by atoms with Crippen molar-refractivity contribution in [2.24, 2.45) is 0 Å². The van der Waals surface area contributed by atoms with Gasteiger partial charge in [-0.15, -0.1) is 11.8 Å². The molecule has 0 saturated carbocycles. The topological polar surface area (TPSA) is 98.5 Å². The summed E-state index contributed by atoms with van der Waals surface area (Å²) in [5.74, 6) is -1.25. The van der Waals surface area contributed by atoms with E-state index in [2.05, 4.69) is 5.32 Å². The van der Waals surface area contributed by atoms with Crippen LogP contribution in [0, 0.1) is 10.1 Å². The Bertz CT molecular complexity index is 857. The SMILES string of the molecule is CSc1ccc(COC(=O)[C@H](C)NC(=O)c2ccc(Cl)c([N+](=O)[O-])c2)cc1. The highest BCUT2D eigenvalue weighted by atomic mass is 35.5. The van der Waals surface area contributed by atoms with Gasteiger partial charge in [-0.1, -0.05) is 23.7 Å². The molecule has 0 fully saturated rings. The Morgan fingerprint density at radius 3 is 2.52 bits per heavy atom. The number of amides is 1. The van der Waals surface area contributed by atoms with Crippen LogP contribution in [-0.4, -0.2) is 29.1 Å². The lowest BCUT2D eigenvalue weighted by atomic mass is 10.1. The van der Waals surface area contributed by atoms with Gasteiger partial charge in [0.1, 0.15) is 17.7 Å². The second-order valence-corrected chi connectivity index (χ2v) is 6.86. The molecule has 142 valence electrons. The van der Waals surface area contributed by atoms with E-state index in [1.807, 2.05) is 30.5 Å². The molecule has 2 aromatic carbocycles. The quantitative estimate of drug-likeness (QED) is 0.323. The summed E-state index contributed by atoms with van der Waals surface area (Å²) < 4.78 is 5.19. The van der Waals surface area contributed by atoms with Crippen molar-refractivity contribution >= 4 is 40.9 Å². The van der Waals surface area contributed by atoms with E-state index in [0.29, 0.717) is 0 Å². The third kappa shape index (κ3) is 5.70. The molecule has 0 aromatic heterocycles. The highest BCUT2D eigenvalue weighted by molar-refractivity contribution is 7.98. The van der Waals surface area contributed by atoms with Crippen molar-refractivity contribution in [3.63, 3.8) is 0 Å². The summed E-state index contributed by atoms with van der Waals surface area (Å²) in [7, 11) is 0. The van der Waals surface area contributed by atoms with Crippen molar-refractivity contribution in [1.82, 2.24) is 5.32 Å². The number of hydrogen-bond donors (Lipinski definition) is 1. The van der Waals surface area contributed by atoms with Crippen molar-refractivity contribution in [2.75, 3.05) is 6.26 Å². The molecule has 1 amide bonds. The van der Waals surface area contributed by atoms with Gasteiger partial charge in [0.2, 0.25) is 0 Å². The van der Waals surface area contributed by atoms with E-state index in [0.717, 1.165) is 16.5 Å². The lowest BCUT2D eigenvalue weighted by Gasteiger charge is -2.13. The summed E-state index contributed by atoms with van der Waals surface area (Å²) in [6.45, 7) is 1.56. The Balaban J connectivity index is 1.94. The normalized spacial score (nSPS) is 11.5. The number of nitro benzene ring substituents is 1. The van der Waals surface area contributed by atoms with E-state index in [-0.39, 0.29) is 22.9 Å². The van der Waals surface area contributed by atoms with Crippen molar-refractivity contribution in [2.45, 2.75) is 24.5 Å². The molecule has 0 bridgehead atoms. The maximum atomic E-state index is 12.2. The van der Waals surface area contributed by atoms with Crippen molar-refractivity contribution < 1.29 is 19.2 Å². The summed E-state index contributed by atoms with van der Waals surface area (Å²) in [6, 6.07) is 10.3. The molecule has 1 N–H and O–H groups in total. The molecule has 0 unspecified atom stereocenters. The van der Waals surface area contributed by atoms with Crippen LogP contribution < -0.4 is 5.32 Å². The smallest absolute Gasteiger partial charge is 0.328 e. The number of ether oxygens (including phenoxy) is 1. The molecule has 2 rings (SSSR count). The van der Waals surface area contributed by atoms with Crippen LogP contribution in [0.2, 0.25) is 5.02 Å². The van der Waals surface area contributed by atoms with Crippen LogP contribution in [0.5, 0.6) is 0 Å². The molecule has 27 heavy (non-hydrogen) atoms.